The van der Waals surface area contributed by atoms with E-state index in [1.165, 1.54) is 0 Å². The number of primary amides is 1. The van der Waals surface area contributed by atoms with Gasteiger partial charge in [0.2, 0.25) is 0 Å². The van der Waals surface area contributed by atoms with Crippen LogP contribution >= 0.6 is 0 Å². The van der Waals surface area contributed by atoms with E-state index in [0.717, 1.165) is 12.8 Å². The minimum Gasteiger partial charge on any atom is -0.370 e. The van der Waals surface area contributed by atoms with Crippen molar-refractivity contribution in [1.29, 1.82) is 0 Å². The molecule has 7 nitrogen and oxygen atoms in total. The van der Waals surface area contributed by atoms with Crippen LogP contribution in [0.1, 0.15) is 12.8 Å². The number of nitrogens with two attached hydrogens (primary N) is 4. The van der Waals surface area contributed by atoms with Gasteiger partial charge in [-0.25, -0.2) is 4.79 Å². The van der Waals surface area contributed by atoms with E-state index in [-0.39, 0.29) is 12.0 Å². The van der Waals surface area contributed by atoms with Crippen LogP contribution in [-0.2, 0) is 0 Å². The molecule has 0 spiro atoms. The molecule has 0 aliphatic heterocycles. The monoisotopic (exact) mass is 202 g/mol. The number of amides is 2. The molecule has 0 rings (SSSR count). The molecule has 0 aromatic rings. The van der Waals surface area contributed by atoms with Crippen molar-refractivity contribution in [3.63, 3.8) is 0 Å². The summed E-state index contributed by atoms with van der Waals surface area (Å²) in [5, 5.41) is 2.42. The molecule has 0 radical (unpaired) electrons. The highest BCUT2D eigenvalue weighted by atomic mass is 16.2. The lowest BCUT2D eigenvalue weighted by atomic mass is 10.2. The highest BCUT2D eigenvalue weighted by Gasteiger charge is 2.02. The second-order valence-corrected chi connectivity index (χ2v) is 2.95. The van der Waals surface area contributed by atoms with Gasteiger partial charge >= 0.3 is 6.03 Å². The Morgan fingerprint density at radius 3 is 2.50 bits per heavy atom. The first-order valence-electron chi connectivity index (χ1n) is 4.36. The van der Waals surface area contributed by atoms with E-state index in [4.69, 9.17) is 22.9 Å². The van der Waals surface area contributed by atoms with Crippen LogP contribution in [0.4, 0.5) is 4.79 Å². The molecule has 9 N–H and O–H groups in total. The predicted octanol–water partition coefficient (Wildman–Crippen LogP) is -1.96. The third-order valence-electron chi connectivity index (χ3n) is 1.57. The summed E-state index contributed by atoms with van der Waals surface area (Å²) in [5.74, 6) is 0.0776. The first kappa shape index (κ1) is 12.5. The molecule has 0 unspecified atom stereocenters. The number of aliphatic imine (C=N–C) groups is 1. The Hall–Kier alpha value is -1.50. The third kappa shape index (κ3) is 8.60. The molecular weight excluding hydrogens is 184 g/mol. The zero-order valence-electron chi connectivity index (χ0n) is 8.07. The van der Waals surface area contributed by atoms with Crippen molar-refractivity contribution in [1.82, 2.24) is 5.32 Å². The number of hydrogen-bond donors (Lipinski definition) is 5. The molecule has 0 saturated heterocycles. The summed E-state index contributed by atoms with van der Waals surface area (Å²) < 4.78 is 0. The van der Waals surface area contributed by atoms with Crippen molar-refractivity contribution in [2.24, 2.45) is 27.9 Å². The Morgan fingerprint density at radius 2 is 2.00 bits per heavy atom. The van der Waals surface area contributed by atoms with Crippen molar-refractivity contribution < 1.29 is 4.79 Å². The lowest BCUT2D eigenvalue weighted by molar-refractivity contribution is 0.248. The van der Waals surface area contributed by atoms with E-state index in [1.54, 1.807) is 0 Å². The van der Waals surface area contributed by atoms with Crippen LogP contribution < -0.4 is 28.3 Å². The Kier molecular flexibility index (Phi) is 6.21. The van der Waals surface area contributed by atoms with Crippen molar-refractivity contribution in [3.8, 4) is 0 Å². The predicted molar refractivity (Wildman–Crippen MR) is 55.5 cm³/mol. The van der Waals surface area contributed by atoms with E-state index in [0.29, 0.717) is 13.1 Å². The van der Waals surface area contributed by atoms with Gasteiger partial charge in [0.15, 0.2) is 5.96 Å². The fourth-order valence-corrected chi connectivity index (χ4v) is 0.895. The van der Waals surface area contributed by atoms with Crippen molar-refractivity contribution in [2.45, 2.75) is 18.9 Å². The maximum atomic E-state index is 10.3. The number of nitrogens with zero attached hydrogens (tertiary/aromatic N) is 1. The van der Waals surface area contributed by atoms with Gasteiger partial charge in [0.1, 0.15) is 0 Å². The van der Waals surface area contributed by atoms with Crippen LogP contribution in [-0.4, -0.2) is 31.1 Å². The first-order valence-corrected chi connectivity index (χ1v) is 4.36. The van der Waals surface area contributed by atoms with Crippen molar-refractivity contribution >= 4 is 12.0 Å². The Bertz CT molecular complexity index is 200. The van der Waals surface area contributed by atoms with E-state index in [9.17, 15) is 4.79 Å². The molecule has 0 fully saturated rings. The average molecular weight is 202 g/mol. The van der Waals surface area contributed by atoms with Crippen LogP contribution in [0.2, 0.25) is 0 Å². The van der Waals surface area contributed by atoms with Gasteiger partial charge in [0, 0.05) is 19.1 Å². The molecule has 82 valence electrons. The number of guanidine groups is 1. The lowest BCUT2D eigenvalue weighted by Gasteiger charge is -2.10. The molecule has 7 heteroatoms. The van der Waals surface area contributed by atoms with E-state index >= 15 is 0 Å². The minimum absolute atomic E-state index is 0.0776. The Labute approximate surface area is 82.9 Å². The molecular formula is C7H18N6O. The second kappa shape index (κ2) is 6.96. The van der Waals surface area contributed by atoms with Crippen LogP contribution in [0.3, 0.4) is 0 Å². The summed E-state index contributed by atoms with van der Waals surface area (Å²) in [6.45, 7) is 0.920. The topological polar surface area (TPSA) is 146 Å². The number of carbonyl (C=O) groups is 1. The van der Waals surface area contributed by atoms with Crippen LogP contribution in [0.15, 0.2) is 4.99 Å². The number of rotatable bonds is 6. The Balaban J connectivity index is 3.40. The molecule has 0 bridgehead atoms. The number of hydrogen-bond acceptors (Lipinski definition) is 3. The molecule has 1 atom stereocenters. The molecule has 2 amide bonds. The van der Waals surface area contributed by atoms with Gasteiger partial charge in [-0.2, -0.15) is 0 Å². The van der Waals surface area contributed by atoms with Crippen LogP contribution in [0.25, 0.3) is 0 Å². The summed E-state index contributed by atoms with van der Waals surface area (Å²) in [4.78, 5) is 14.1. The summed E-state index contributed by atoms with van der Waals surface area (Å²) in [5.41, 5.74) is 20.8. The fraction of sp³-hybridized carbons (Fsp3) is 0.714. The molecule has 0 heterocycles. The normalized spacial score (nSPS) is 11.8. The van der Waals surface area contributed by atoms with E-state index < -0.39 is 6.03 Å². The second-order valence-electron chi connectivity index (χ2n) is 2.95. The summed E-state index contributed by atoms with van der Waals surface area (Å²) in [7, 11) is 0. The van der Waals surface area contributed by atoms with Gasteiger partial charge < -0.3 is 28.3 Å². The molecule has 14 heavy (non-hydrogen) atoms. The molecule has 0 aliphatic rings. The van der Waals surface area contributed by atoms with Gasteiger partial charge in [-0.1, -0.05) is 0 Å². The zero-order chi connectivity index (χ0) is 11.0. The van der Waals surface area contributed by atoms with Crippen LogP contribution in [0.5, 0.6) is 0 Å². The quantitative estimate of drug-likeness (QED) is 0.193. The first-order chi connectivity index (χ1) is 6.52. The van der Waals surface area contributed by atoms with Crippen molar-refractivity contribution in [3.05, 3.63) is 0 Å². The largest absolute Gasteiger partial charge is 0.370 e. The average Bonchev–Trinajstić information content (AvgIpc) is 2.08. The van der Waals surface area contributed by atoms with Crippen LogP contribution in [0, 0.1) is 0 Å². The summed E-state index contributed by atoms with van der Waals surface area (Å²) in [6.07, 6.45) is 1.51. The smallest absolute Gasteiger partial charge is 0.312 e. The molecule has 0 aromatic carbocycles. The lowest BCUT2D eigenvalue weighted by Crippen LogP contribution is -2.39. The maximum Gasteiger partial charge on any atom is 0.312 e. The fourth-order valence-electron chi connectivity index (χ4n) is 0.895. The highest BCUT2D eigenvalue weighted by Crippen LogP contribution is 1.93. The van der Waals surface area contributed by atoms with Gasteiger partial charge in [0.25, 0.3) is 0 Å². The molecule has 0 aromatic heterocycles. The third-order valence-corrected chi connectivity index (χ3v) is 1.57. The SMILES string of the molecule is NC(=O)NC[C@@H](N)CCCN=C(N)N. The van der Waals surface area contributed by atoms with E-state index in [2.05, 4.69) is 10.3 Å². The number of urea groups is 1. The number of carbonyl (C=O) groups excluding carboxylic acids is 1. The summed E-state index contributed by atoms with van der Waals surface area (Å²) >= 11 is 0. The number of nitrogens with one attached hydrogen (secondary N) is 1. The zero-order valence-corrected chi connectivity index (χ0v) is 8.07. The van der Waals surface area contributed by atoms with Gasteiger partial charge in [-0.15, -0.1) is 0 Å². The Morgan fingerprint density at radius 1 is 1.36 bits per heavy atom. The molecule has 0 saturated carbocycles. The van der Waals surface area contributed by atoms with Gasteiger partial charge in [0.05, 0.1) is 0 Å². The van der Waals surface area contributed by atoms with Crippen molar-refractivity contribution in [2.75, 3.05) is 13.1 Å². The molecule has 0 aliphatic carbocycles. The van der Waals surface area contributed by atoms with Gasteiger partial charge in [-0.05, 0) is 12.8 Å². The maximum absolute atomic E-state index is 10.3. The van der Waals surface area contributed by atoms with Gasteiger partial charge in [-0.3, -0.25) is 4.99 Å². The standard InChI is InChI=1S/C7H18N6O/c8-5(4-13-7(11)14)2-1-3-12-6(9)10/h5H,1-4,8H2,(H4,9,10,12)(H3,11,13,14)/t5-/m0/s1. The highest BCUT2D eigenvalue weighted by molar-refractivity contribution is 5.75. The van der Waals surface area contributed by atoms with E-state index in [1.807, 2.05) is 0 Å². The minimum atomic E-state index is -0.565. The summed E-state index contributed by atoms with van der Waals surface area (Å²) in [6, 6.07) is -0.679.